The smallest absolute Gasteiger partial charge is 0.309 e. The van der Waals surface area contributed by atoms with Gasteiger partial charge in [-0.2, -0.15) is 0 Å². The molecule has 0 N–H and O–H groups in total. The van der Waals surface area contributed by atoms with Gasteiger partial charge in [-0.05, 0) is 40.0 Å². The lowest BCUT2D eigenvalue weighted by Crippen LogP contribution is -2.13. The second-order valence-corrected chi connectivity index (χ2v) is 5.28. The van der Waals surface area contributed by atoms with Crippen molar-refractivity contribution in [1.29, 1.82) is 0 Å². The number of rotatable bonds is 9. The van der Waals surface area contributed by atoms with Crippen molar-refractivity contribution in [1.82, 2.24) is 0 Å². The van der Waals surface area contributed by atoms with Crippen molar-refractivity contribution in [2.24, 2.45) is 0 Å². The summed E-state index contributed by atoms with van der Waals surface area (Å²) in [5, 5.41) is 0. The Morgan fingerprint density at radius 3 is 1.12 bits per heavy atom. The van der Waals surface area contributed by atoms with E-state index >= 15 is 0 Å². The third-order valence-corrected chi connectivity index (χ3v) is 4.12. The van der Waals surface area contributed by atoms with Gasteiger partial charge in [0.1, 0.15) is 0 Å². The van der Waals surface area contributed by atoms with Gasteiger partial charge in [0.05, 0.1) is 18.3 Å². The van der Waals surface area contributed by atoms with Crippen molar-refractivity contribution < 1.29 is 13.6 Å². The predicted octanol–water partition coefficient (Wildman–Crippen LogP) is 4.66. The maximum absolute atomic E-state index is 5.76. The van der Waals surface area contributed by atoms with Gasteiger partial charge in [-0.1, -0.05) is 20.8 Å². The Labute approximate surface area is 102 Å². The molecule has 0 aliphatic rings. The molecule has 0 heterocycles. The van der Waals surface area contributed by atoms with E-state index in [2.05, 4.69) is 41.5 Å². The minimum atomic E-state index is -1.20. The van der Waals surface area contributed by atoms with Gasteiger partial charge in [0.2, 0.25) is 0 Å². The van der Waals surface area contributed by atoms with E-state index in [1.54, 1.807) is 0 Å². The van der Waals surface area contributed by atoms with E-state index in [0.29, 0.717) is 0 Å². The zero-order valence-electron chi connectivity index (χ0n) is 11.5. The minimum Gasteiger partial charge on any atom is -0.309 e. The minimum absolute atomic E-state index is 0.194. The van der Waals surface area contributed by atoms with Crippen LogP contribution in [0, 0.1) is 0 Å². The topological polar surface area (TPSA) is 27.7 Å². The van der Waals surface area contributed by atoms with Gasteiger partial charge in [-0.3, -0.25) is 0 Å². The first kappa shape index (κ1) is 16.3. The average Bonchev–Trinajstić information content (AvgIpc) is 2.28. The van der Waals surface area contributed by atoms with Crippen LogP contribution < -0.4 is 0 Å². The number of hydrogen-bond acceptors (Lipinski definition) is 3. The van der Waals surface area contributed by atoms with Crippen LogP contribution in [0.5, 0.6) is 0 Å². The predicted molar refractivity (Wildman–Crippen MR) is 69.4 cm³/mol. The Morgan fingerprint density at radius 2 is 0.938 bits per heavy atom. The maximum atomic E-state index is 5.76. The van der Waals surface area contributed by atoms with Gasteiger partial charge < -0.3 is 13.6 Å². The van der Waals surface area contributed by atoms with Crippen molar-refractivity contribution in [3.63, 3.8) is 0 Å². The summed E-state index contributed by atoms with van der Waals surface area (Å²) in [6, 6.07) is 0. The maximum Gasteiger partial charge on any atom is 0.333 e. The summed E-state index contributed by atoms with van der Waals surface area (Å²) in [7, 11) is -1.20. The fourth-order valence-corrected chi connectivity index (χ4v) is 2.22. The summed E-state index contributed by atoms with van der Waals surface area (Å²) < 4.78 is 17.3. The lowest BCUT2D eigenvalue weighted by molar-refractivity contribution is 0.0764. The molecule has 0 radical (unpaired) electrons. The molecule has 0 aliphatic carbocycles. The Balaban J connectivity index is 4.15. The lowest BCUT2D eigenvalue weighted by atomic mass is 10.3. The molecule has 16 heavy (non-hydrogen) atoms. The third-order valence-electron chi connectivity index (χ3n) is 2.52. The molecule has 0 fully saturated rings. The highest BCUT2D eigenvalue weighted by atomic mass is 31.2. The molecule has 0 saturated carbocycles. The van der Waals surface area contributed by atoms with Gasteiger partial charge in [0.25, 0.3) is 0 Å². The van der Waals surface area contributed by atoms with Crippen LogP contribution in [0.4, 0.5) is 0 Å². The molecule has 4 heteroatoms. The van der Waals surface area contributed by atoms with Gasteiger partial charge in [-0.25, -0.2) is 0 Å². The van der Waals surface area contributed by atoms with Gasteiger partial charge in [-0.15, -0.1) is 0 Å². The van der Waals surface area contributed by atoms with Crippen LogP contribution in [0.25, 0.3) is 0 Å². The van der Waals surface area contributed by atoms with Crippen molar-refractivity contribution in [2.45, 2.75) is 79.1 Å². The quantitative estimate of drug-likeness (QED) is 0.557. The van der Waals surface area contributed by atoms with E-state index in [1.165, 1.54) is 0 Å². The molecule has 3 nitrogen and oxygen atoms in total. The Bertz CT molecular complexity index is 138. The van der Waals surface area contributed by atoms with E-state index in [0.717, 1.165) is 19.3 Å². The van der Waals surface area contributed by atoms with Crippen molar-refractivity contribution >= 4 is 8.60 Å². The van der Waals surface area contributed by atoms with Crippen LogP contribution >= 0.6 is 8.60 Å². The summed E-state index contributed by atoms with van der Waals surface area (Å²) in [4.78, 5) is 0. The standard InChI is InChI=1S/C12H27O3P/c1-7-10(4)13-16(14-11(5)8-2)15-12(6)9-3/h10-12H,7-9H2,1-6H3/t10-,11-,12-/m0/s1. The van der Waals surface area contributed by atoms with Crippen molar-refractivity contribution in [3.05, 3.63) is 0 Å². The molecule has 0 amide bonds. The molecule has 0 aromatic carbocycles. The van der Waals surface area contributed by atoms with Crippen LogP contribution in [0.2, 0.25) is 0 Å². The highest BCUT2D eigenvalue weighted by Gasteiger charge is 2.20. The van der Waals surface area contributed by atoms with Crippen LogP contribution in [-0.4, -0.2) is 18.3 Å². The van der Waals surface area contributed by atoms with Gasteiger partial charge in [0, 0.05) is 0 Å². The van der Waals surface area contributed by atoms with E-state index < -0.39 is 8.60 Å². The zero-order valence-corrected chi connectivity index (χ0v) is 12.4. The summed E-state index contributed by atoms with van der Waals surface area (Å²) in [5.74, 6) is 0. The van der Waals surface area contributed by atoms with Crippen molar-refractivity contribution in [3.8, 4) is 0 Å². The third kappa shape index (κ3) is 7.56. The average molecular weight is 250 g/mol. The Kier molecular flexibility index (Phi) is 9.53. The molecule has 98 valence electrons. The SMILES string of the molecule is CC[C@H](C)OP(O[C@@H](C)CC)O[C@@H](C)CC. The number of hydrogen-bond donors (Lipinski definition) is 0. The van der Waals surface area contributed by atoms with Crippen LogP contribution in [0.15, 0.2) is 0 Å². The zero-order chi connectivity index (χ0) is 12.6. The Morgan fingerprint density at radius 1 is 0.688 bits per heavy atom. The fourth-order valence-electron chi connectivity index (χ4n) is 0.739. The fraction of sp³-hybridized carbons (Fsp3) is 1.00. The summed E-state index contributed by atoms with van der Waals surface area (Å²) in [5.41, 5.74) is 0. The molecule has 0 unspecified atom stereocenters. The molecule has 0 saturated heterocycles. The Hall–Kier alpha value is 0.310. The van der Waals surface area contributed by atoms with E-state index in [9.17, 15) is 0 Å². The second-order valence-electron chi connectivity index (χ2n) is 4.20. The highest BCUT2D eigenvalue weighted by Crippen LogP contribution is 2.44. The van der Waals surface area contributed by atoms with Crippen LogP contribution in [0.3, 0.4) is 0 Å². The first-order valence-electron chi connectivity index (χ1n) is 6.33. The van der Waals surface area contributed by atoms with Gasteiger partial charge in [0.15, 0.2) is 0 Å². The molecule has 0 aromatic rings. The molecule has 0 aliphatic heterocycles. The molecule has 0 bridgehead atoms. The van der Waals surface area contributed by atoms with Crippen molar-refractivity contribution in [2.75, 3.05) is 0 Å². The summed E-state index contributed by atoms with van der Waals surface area (Å²) in [6.45, 7) is 12.5. The lowest BCUT2D eigenvalue weighted by Gasteiger charge is -2.25. The monoisotopic (exact) mass is 250 g/mol. The summed E-state index contributed by atoms with van der Waals surface area (Å²) >= 11 is 0. The van der Waals surface area contributed by atoms with E-state index in [-0.39, 0.29) is 18.3 Å². The second kappa shape index (κ2) is 9.35. The highest BCUT2D eigenvalue weighted by molar-refractivity contribution is 7.41. The normalized spacial score (nSPS) is 17.4. The van der Waals surface area contributed by atoms with E-state index in [1.807, 2.05) is 0 Å². The first-order valence-corrected chi connectivity index (χ1v) is 7.43. The van der Waals surface area contributed by atoms with Crippen LogP contribution in [-0.2, 0) is 13.6 Å². The largest absolute Gasteiger partial charge is 0.333 e. The summed E-state index contributed by atoms with van der Waals surface area (Å²) in [6.07, 6.45) is 3.52. The van der Waals surface area contributed by atoms with Gasteiger partial charge >= 0.3 is 8.60 Å². The first-order chi connectivity index (χ1) is 7.53. The molecule has 3 atom stereocenters. The molecular weight excluding hydrogens is 223 g/mol. The molecular formula is C12H27O3P. The van der Waals surface area contributed by atoms with E-state index in [4.69, 9.17) is 13.6 Å². The molecule has 0 spiro atoms. The molecule has 0 aromatic heterocycles. The van der Waals surface area contributed by atoms with Crippen LogP contribution in [0.1, 0.15) is 60.8 Å². The molecule has 0 rings (SSSR count).